The maximum absolute atomic E-state index is 12.3. The number of carbonyl (C=O) groups is 1. The van der Waals surface area contributed by atoms with E-state index in [0.717, 1.165) is 19.3 Å². The predicted octanol–water partition coefficient (Wildman–Crippen LogP) is 3.19. The van der Waals surface area contributed by atoms with Crippen molar-refractivity contribution in [3.8, 4) is 5.75 Å². The minimum absolute atomic E-state index is 0.0874. The van der Waals surface area contributed by atoms with E-state index in [1.807, 2.05) is 0 Å². The summed E-state index contributed by atoms with van der Waals surface area (Å²) in [5, 5.41) is 0. The van der Waals surface area contributed by atoms with Crippen LogP contribution in [0.25, 0.3) is 0 Å². The summed E-state index contributed by atoms with van der Waals surface area (Å²) in [5.74, 6) is 0.235. The molecule has 5 heteroatoms. The van der Waals surface area contributed by atoms with Gasteiger partial charge in [0.25, 0.3) is 0 Å². The second kappa shape index (κ2) is 6.50. The minimum Gasteiger partial charge on any atom is -0.434 e. The molecule has 1 aromatic carbocycles. The number of alkyl halides is 2. The number of para-hydroxylation sites is 1. The van der Waals surface area contributed by atoms with Crippen LogP contribution >= 0.6 is 0 Å². The van der Waals surface area contributed by atoms with Gasteiger partial charge in [0.1, 0.15) is 5.75 Å². The molecule has 19 heavy (non-hydrogen) atoms. The Labute approximate surface area is 111 Å². The van der Waals surface area contributed by atoms with Gasteiger partial charge in [0.05, 0.1) is 0 Å². The number of rotatable bonds is 4. The molecule has 0 spiro atoms. The molecule has 1 aliphatic heterocycles. The van der Waals surface area contributed by atoms with Crippen LogP contribution < -0.4 is 4.74 Å². The molecule has 1 aliphatic rings. The van der Waals surface area contributed by atoms with Crippen LogP contribution in [0, 0.1) is 0 Å². The Bertz CT molecular complexity index is 437. The summed E-state index contributed by atoms with van der Waals surface area (Å²) >= 11 is 0. The van der Waals surface area contributed by atoms with Gasteiger partial charge in [-0.1, -0.05) is 24.6 Å². The normalized spacial score (nSPS) is 16.6. The summed E-state index contributed by atoms with van der Waals surface area (Å²) in [6.07, 6.45) is 3.45. The molecule has 3 nitrogen and oxygen atoms in total. The Morgan fingerprint density at radius 3 is 2.79 bits per heavy atom. The first kappa shape index (κ1) is 13.8. The van der Waals surface area contributed by atoms with E-state index in [2.05, 4.69) is 4.74 Å². The molecule has 1 saturated heterocycles. The zero-order valence-corrected chi connectivity index (χ0v) is 10.6. The van der Waals surface area contributed by atoms with Gasteiger partial charge in [-0.25, -0.2) is 0 Å². The summed E-state index contributed by atoms with van der Waals surface area (Å²) in [4.78, 5) is 13.6. The van der Waals surface area contributed by atoms with Gasteiger partial charge in [-0.05, 0) is 18.9 Å². The first-order valence-corrected chi connectivity index (χ1v) is 6.47. The molecule has 2 rings (SSSR count). The van der Waals surface area contributed by atoms with E-state index in [1.165, 1.54) is 6.07 Å². The fourth-order valence-electron chi connectivity index (χ4n) is 2.26. The van der Waals surface area contributed by atoms with Gasteiger partial charge < -0.3 is 9.64 Å². The Balaban J connectivity index is 2.10. The smallest absolute Gasteiger partial charge is 0.387 e. The summed E-state index contributed by atoms with van der Waals surface area (Å²) in [5.41, 5.74) is 0.623. The van der Waals surface area contributed by atoms with E-state index in [-0.39, 0.29) is 11.7 Å². The Kier molecular flexibility index (Phi) is 4.71. The van der Waals surface area contributed by atoms with Gasteiger partial charge in [0.2, 0.25) is 5.91 Å². The van der Waals surface area contributed by atoms with Crippen molar-refractivity contribution in [3.63, 3.8) is 0 Å². The molecular formula is C14H17F2NO2. The molecule has 104 valence electrons. The van der Waals surface area contributed by atoms with Crippen molar-refractivity contribution in [1.82, 2.24) is 4.90 Å². The topological polar surface area (TPSA) is 29.5 Å². The van der Waals surface area contributed by atoms with Crippen LogP contribution in [0.3, 0.4) is 0 Å². The number of hydrogen-bond donors (Lipinski definition) is 0. The van der Waals surface area contributed by atoms with Gasteiger partial charge in [-0.15, -0.1) is 0 Å². The fraction of sp³-hybridized carbons (Fsp3) is 0.500. The Hall–Kier alpha value is -1.65. The van der Waals surface area contributed by atoms with E-state index < -0.39 is 6.61 Å². The molecule has 0 aliphatic carbocycles. The number of ether oxygens (including phenoxy) is 1. The molecule has 0 N–H and O–H groups in total. The molecule has 0 saturated carbocycles. The monoisotopic (exact) mass is 269 g/mol. The summed E-state index contributed by atoms with van der Waals surface area (Å²) in [6.45, 7) is -1.83. The van der Waals surface area contributed by atoms with Crippen LogP contribution in [0.5, 0.6) is 5.75 Å². The van der Waals surface area contributed by atoms with Crippen LogP contribution in [0.2, 0.25) is 0 Å². The first-order valence-electron chi connectivity index (χ1n) is 6.47. The highest BCUT2D eigenvalue weighted by atomic mass is 19.3. The second-order valence-corrected chi connectivity index (χ2v) is 4.61. The lowest BCUT2D eigenvalue weighted by Gasteiger charge is -2.22. The third-order valence-electron chi connectivity index (χ3n) is 3.22. The number of hydrogen-bond acceptors (Lipinski definition) is 2. The lowest BCUT2D eigenvalue weighted by atomic mass is 10.2. The lowest BCUT2D eigenvalue weighted by molar-refractivity contribution is -0.131. The third kappa shape index (κ3) is 3.91. The fourth-order valence-corrected chi connectivity index (χ4v) is 2.26. The van der Waals surface area contributed by atoms with E-state index >= 15 is 0 Å². The van der Waals surface area contributed by atoms with Crippen LogP contribution in [0.4, 0.5) is 8.78 Å². The molecule has 1 amide bonds. The molecule has 0 unspecified atom stereocenters. The van der Waals surface area contributed by atoms with Crippen LogP contribution in [0.15, 0.2) is 24.3 Å². The average molecular weight is 269 g/mol. The second-order valence-electron chi connectivity index (χ2n) is 4.61. The molecule has 1 aromatic rings. The molecule has 0 radical (unpaired) electrons. The van der Waals surface area contributed by atoms with E-state index in [1.54, 1.807) is 23.1 Å². The van der Waals surface area contributed by atoms with Gasteiger partial charge in [0, 0.05) is 25.1 Å². The first-order chi connectivity index (χ1) is 9.16. The standard InChI is InChI=1S/C14H17F2NO2/c15-14(16)19-12-7-4-3-6-11(12)10-17-9-5-1-2-8-13(17)18/h3-4,6-7,14H,1-2,5,8-10H2. The van der Waals surface area contributed by atoms with Crippen molar-refractivity contribution in [2.24, 2.45) is 0 Å². The molecular weight excluding hydrogens is 252 g/mol. The maximum Gasteiger partial charge on any atom is 0.387 e. The zero-order chi connectivity index (χ0) is 13.7. The van der Waals surface area contributed by atoms with Crippen molar-refractivity contribution < 1.29 is 18.3 Å². The highest BCUT2D eigenvalue weighted by Crippen LogP contribution is 2.23. The van der Waals surface area contributed by atoms with Crippen molar-refractivity contribution in [2.45, 2.75) is 38.8 Å². The average Bonchev–Trinajstić information content (AvgIpc) is 2.57. The van der Waals surface area contributed by atoms with Crippen molar-refractivity contribution in [2.75, 3.05) is 6.54 Å². The minimum atomic E-state index is -2.85. The van der Waals surface area contributed by atoms with Crippen LogP contribution in [-0.4, -0.2) is 24.0 Å². The molecule has 0 atom stereocenters. The SMILES string of the molecule is O=C1CCCCCN1Cc1ccccc1OC(F)F. The Morgan fingerprint density at radius 1 is 1.21 bits per heavy atom. The van der Waals surface area contributed by atoms with Crippen LogP contribution in [-0.2, 0) is 11.3 Å². The van der Waals surface area contributed by atoms with E-state index in [9.17, 15) is 13.6 Å². The highest BCUT2D eigenvalue weighted by Gasteiger charge is 2.18. The van der Waals surface area contributed by atoms with Crippen molar-refractivity contribution in [3.05, 3.63) is 29.8 Å². The maximum atomic E-state index is 12.3. The molecule has 0 aromatic heterocycles. The van der Waals surface area contributed by atoms with Crippen molar-refractivity contribution >= 4 is 5.91 Å². The molecule has 0 bridgehead atoms. The number of amides is 1. The van der Waals surface area contributed by atoms with Gasteiger partial charge in [0.15, 0.2) is 0 Å². The summed E-state index contributed by atoms with van der Waals surface area (Å²) in [7, 11) is 0. The lowest BCUT2D eigenvalue weighted by Crippen LogP contribution is -2.29. The third-order valence-corrected chi connectivity index (χ3v) is 3.22. The van der Waals surface area contributed by atoms with Crippen molar-refractivity contribution in [1.29, 1.82) is 0 Å². The summed E-state index contributed by atoms with van der Waals surface area (Å²) in [6, 6.07) is 6.63. The van der Waals surface area contributed by atoms with E-state index in [0.29, 0.717) is 25.1 Å². The number of carbonyl (C=O) groups excluding carboxylic acids is 1. The van der Waals surface area contributed by atoms with E-state index in [4.69, 9.17) is 0 Å². The quantitative estimate of drug-likeness (QED) is 0.840. The van der Waals surface area contributed by atoms with Crippen LogP contribution in [0.1, 0.15) is 31.2 Å². The number of benzene rings is 1. The Morgan fingerprint density at radius 2 is 2.00 bits per heavy atom. The number of halogens is 2. The number of likely N-dealkylation sites (tertiary alicyclic amines) is 1. The predicted molar refractivity (Wildman–Crippen MR) is 67.0 cm³/mol. The zero-order valence-electron chi connectivity index (χ0n) is 10.6. The molecule has 1 fully saturated rings. The summed E-state index contributed by atoms with van der Waals surface area (Å²) < 4.78 is 29.1. The van der Waals surface area contributed by atoms with Gasteiger partial charge >= 0.3 is 6.61 Å². The number of nitrogens with zero attached hydrogens (tertiary/aromatic N) is 1. The highest BCUT2D eigenvalue weighted by molar-refractivity contribution is 5.76. The molecule has 1 heterocycles. The van der Waals surface area contributed by atoms with Gasteiger partial charge in [-0.3, -0.25) is 4.79 Å². The van der Waals surface area contributed by atoms with Gasteiger partial charge in [-0.2, -0.15) is 8.78 Å². The largest absolute Gasteiger partial charge is 0.434 e.